The van der Waals surface area contributed by atoms with Crippen molar-refractivity contribution in [2.24, 2.45) is 17.6 Å². The van der Waals surface area contributed by atoms with Crippen LogP contribution in [-0.2, 0) is 9.59 Å². The van der Waals surface area contributed by atoms with Crippen LogP contribution in [-0.4, -0.2) is 33.5 Å². The van der Waals surface area contributed by atoms with Gasteiger partial charge in [-0.05, 0) is 13.3 Å². The van der Waals surface area contributed by atoms with Gasteiger partial charge in [-0.2, -0.15) is 0 Å². The van der Waals surface area contributed by atoms with Gasteiger partial charge in [0.1, 0.15) is 5.54 Å². The third-order valence-corrected chi connectivity index (χ3v) is 3.82. The van der Waals surface area contributed by atoms with Gasteiger partial charge in [-0.25, -0.2) is 0 Å². The number of hydrogen-bond donors (Lipinski definition) is 3. The topological polar surface area (TPSA) is 118 Å². The maximum absolute atomic E-state index is 12.5. The quantitative estimate of drug-likeness (QED) is 0.654. The van der Waals surface area contributed by atoms with Crippen molar-refractivity contribution in [2.45, 2.75) is 25.8 Å². The van der Waals surface area contributed by atoms with E-state index in [0.717, 1.165) is 0 Å². The first-order valence-corrected chi connectivity index (χ1v) is 6.61. The van der Waals surface area contributed by atoms with E-state index in [4.69, 9.17) is 10.8 Å². The monoisotopic (exact) mass is 293 g/mol. The zero-order chi connectivity index (χ0) is 16.2. The van der Waals surface area contributed by atoms with Crippen molar-refractivity contribution >= 4 is 17.7 Å². The summed E-state index contributed by atoms with van der Waals surface area (Å²) in [6.07, 6.45) is 0.133. The Hall–Kier alpha value is -2.21. The fraction of sp³-hybridized carbons (Fsp3) is 0.400. The number of hydrogen-bond acceptors (Lipinski definition) is 4. The predicted molar refractivity (Wildman–Crippen MR) is 75.9 cm³/mol. The van der Waals surface area contributed by atoms with Crippen molar-refractivity contribution in [2.75, 3.05) is 0 Å². The third-order valence-electron chi connectivity index (χ3n) is 3.82. The molecule has 0 amide bonds. The molecule has 0 saturated carbocycles. The number of nitrogens with two attached hydrogens (primary N) is 1. The molecule has 0 spiro atoms. The van der Waals surface area contributed by atoms with Crippen LogP contribution >= 0.6 is 0 Å². The fourth-order valence-electron chi connectivity index (χ4n) is 2.38. The molecule has 4 N–H and O–H groups in total. The Labute approximate surface area is 122 Å². The SMILES string of the molecule is CCC(C(=O)c1ccccc1)[C@@](N)(C(=O)O)C(C)C(=O)O. The number of rotatable bonds is 7. The molecule has 0 heterocycles. The van der Waals surface area contributed by atoms with Crippen LogP contribution in [0.2, 0.25) is 0 Å². The molecule has 0 saturated heterocycles. The second-order valence-corrected chi connectivity index (χ2v) is 4.99. The molecule has 0 aromatic heterocycles. The third kappa shape index (κ3) is 3.11. The van der Waals surface area contributed by atoms with Gasteiger partial charge in [-0.15, -0.1) is 0 Å². The maximum Gasteiger partial charge on any atom is 0.325 e. The van der Waals surface area contributed by atoms with Crippen LogP contribution in [0.3, 0.4) is 0 Å². The number of Topliss-reactive ketones (excluding diaryl/α,β-unsaturated/α-hetero) is 1. The second-order valence-electron chi connectivity index (χ2n) is 4.99. The smallest absolute Gasteiger partial charge is 0.325 e. The Morgan fingerprint density at radius 3 is 2.10 bits per heavy atom. The molecule has 114 valence electrons. The highest BCUT2D eigenvalue weighted by atomic mass is 16.4. The summed E-state index contributed by atoms with van der Waals surface area (Å²) in [7, 11) is 0. The lowest BCUT2D eigenvalue weighted by molar-refractivity contribution is -0.156. The summed E-state index contributed by atoms with van der Waals surface area (Å²) in [6, 6.07) is 8.14. The lowest BCUT2D eigenvalue weighted by Crippen LogP contribution is -2.62. The van der Waals surface area contributed by atoms with Crippen molar-refractivity contribution in [3.8, 4) is 0 Å². The van der Waals surface area contributed by atoms with Crippen LogP contribution in [0, 0.1) is 11.8 Å². The first-order valence-electron chi connectivity index (χ1n) is 6.61. The van der Waals surface area contributed by atoms with Crippen molar-refractivity contribution in [3.05, 3.63) is 35.9 Å². The average molecular weight is 293 g/mol. The largest absolute Gasteiger partial charge is 0.481 e. The molecular weight excluding hydrogens is 274 g/mol. The van der Waals surface area contributed by atoms with Crippen molar-refractivity contribution in [1.82, 2.24) is 0 Å². The molecule has 2 unspecified atom stereocenters. The van der Waals surface area contributed by atoms with E-state index >= 15 is 0 Å². The first kappa shape index (κ1) is 16.8. The maximum atomic E-state index is 12.5. The van der Waals surface area contributed by atoms with Gasteiger partial charge in [0.05, 0.1) is 11.8 Å². The van der Waals surface area contributed by atoms with Crippen LogP contribution in [0.5, 0.6) is 0 Å². The van der Waals surface area contributed by atoms with Gasteiger partial charge in [0.25, 0.3) is 0 Å². The first-order chi connectivity index (χ1) is 9.76. The highest BCUT2D eigenvalue weighted by Gasteiger charge is 2.52. The van der Waals surface area contributed by atoms with Crippen molar-refractivity contribution in [3.63, 3.8) is 0 Å². The van der Waals surface area contributed by atoms with E-state index in [1.165, 1.54) is 6.92 Å². The summed E-state index contributed by atoms with van der Waals surface area (Å²) in [6.45, 7) is 2.82. The highest BCUT2D eigenvalue weighted by molar-refractivity contribution is 6.03. The summed E-state index contributed by atoms with van der Waals surface area (Å²) >= 11 is 0. The van der Waals surface area contributed by atoms with E-state index in [0.29, 0.717) is 5.56 Å². The lowest BCUT2D eigenvalue weighted by Gasteiger charge is -2.35. The van der Waals surface area contributed by atoms with Gasteiger partial charge >= 0.3 is 11.9 Å². The zero-order valence-electron chi connectivity index (χ0n) is 11.9. The van der Waals surface area contributed by atoms with Crippen LogP contribution in [0.4, 0.5) is 0 Å². The van der Waals surface area contributed by atoms with E-state index in [-0.39, 0.29) is 6.42 Å². The highest BCUT2D eigenvalue weighted by Crippen LogP contribution is 2.30. The molecule has 3 atom stereocenters. The Balaban J connectivity index is 3.30. The van der Waals surface area contributed by atoms with E-state index in [1.54, 1.807) is 37.3 Å². The molecule has 0 aliphatic carbocycles. The molecule has 6 nitrogen and oxygen atoms in total. The minimum Gasteiger partial charge on any atom is -0.481 e. The standard InChI is InChI=1S/C15H19NO5/c1-3-11(12(17)10-7-5-4-6-8-10)15(16,14(20)21)9(2)13(18)19/h4-9,11H,3,16H2,1-2H3,(H,18,19)(H,20,21)/t9?,11?,15-/m1/s1. The normalized spacial score (nSPS) is 16.5. The Bertz CT molecular complexity index is 542. The molecule has 0 radical (unpaired) electrons. The van der Waals surface area contributed by atoms with Gasteiger partial charge in [0.2, 0.25) is 0 Å². The minimum atomic E-state index is -2.16. The summed E-state index contributed by atoms with van der Waals surface area (Å²) in [5.74, 6) is -5.82. The number of carbonyl (C=O) groups excluding carboxylic acids is 1. The Morgan fingerprint density at radius 1 is 1.19 bits per heavy atom. The number of ketones is 1. The Kier molecular flexibility index (Phi) is 5.21. The molecule has 0 aliphatic heterocycles. The summed E-state index contributed by atoms with van der Waals surface area (Å²) in [4.78, 5) is 35.3. The fourth-order valence-corrected chi connectivity index (χ4v) is 2.38. The van der Waals surface area contributed by atoms with Crippen LogP contribution in [0.1, 0.15) is 30.6 Å². The van der Waals surface area contributed by atoms with Gasteiger partial charge in [0, 0.05) is 5.56 Å². The lowest BCUT2D eigenvalue weighted by atomic mass is 9.71. The summed E-state index contributed by atoms with van der Waals surface area (Å²) in [5, 5.41) is 18.5. The summed E-state index contributed by atoms with van der Waals surface area (Å²) < 4.78 is 0. The van der Waals surface area contributed by atoms with Gasteiger partial charge in [0.15, 0.2) is 5.78 Å². The van der Waals surface area contributed by atoms with E-state index in [1.807, 2.05) is 0 Å². The van der Waals surface area contributed by atoms with Gasteiger partial charge < -0.3 is 15.9 Å². The van der Waals surface area contributed by atoms with Gasteiger partial charge in [-0.3, -0.25) is 14.4 Å². The number of benzene rings is 1. The van der Waals surface area contributed by atoms with E-state index in [9.17, 15) is 19.5 Å². The number of carboxylic acids is 2. The molecule has 0 bridgehead atoms. The minimum absolute atomic E-state index is 0.133. The molecule has 1 aromatic rings. The molecule has 0 fully saturated rings. The van der Waals surface area contributed by atoms with Crippen LogP contribution in [0.15, 0.2) is 30.3 Å². The number of carbonyl (C=O) groups is 3. The summed E-state index contributed by atoms with van der Waals surface area (Å²) in [5.41, 5.74) is 4.04. The number of aliphatic carboxylic acids is 2. The van der Waals surface area contributed by atoms with E-state index in [2.05, 4.69) is 0 Å². The molecule has 21 heavy (non-hydrogen) atoms. The van der Waals surface area contributed by atoms with Crippen LogP contribution < -0.4 is 5.73 Å². The number of carboxylic acid groups (broad SMARTS) is 2. The molecule has 1 rings (SSSR count). The molecule has 1 aromatic carbocycles. The zero-order valence-corrected chi connectivity index (χ0v) is 11.9. The second kappa shape index (κ2) is 6.49. The predicted octanol–water partition coefficient (Wildman–Crippen LogP) is 1.40. The van der Waals surface area contributed by atoms with Gasteiger partial charge in [-0.1, -0.05) is 37.3 Å². The van der Waals surface area contributed by atoms with Crippen molar-refractivity contribution in [1.29, 1.82) is 0 Å². The molecule has 0 aliphatic rings. The average Bonchev–Trinajstić information content (AvgIpc) is 2.47. The molecular formula is C15H19NO5. The molecule has 6 heteroatoms. The Morgan fingerprint density at radius 2 is 1.71 bits per heavy atom. The van der Waals surface area contributed by atoms with Crippen molar-refractivity contribution < 1.29 is 24.6 Å². The van der Waals surface area contributed by atoms with Crippen LogP contribution in [0.25, 0.3) is 0 Å². The van der Waals surface area contributed by atoms with E-state index < -0.39 is 35.1 Å².